The highest BCUT2D eigenvalue weighted by atomic mass is 19.1. The van der Waals surface area contributed by atoms with Gasteiger partial charge in [-0.05, 0) is 25.0 Å². The van der Waals surface area contributed by atoms with Gasteiger partial charge in [0.2, 0.25) is 11.7 Å². The first-order chi connectivity index (χ1) is 12.8. The molecule has 1 fully saturated rings. The van der Waals surface area contributed by atoms with Gasteiger partial charge in [0.05, 0.1) is 5.69 Å². The normalized spacial score (nSPS) is 15.0. The van der Waals surface area contributed by atoms with Crippen LogP contribution in [-0.4, -0.2) is 23.2 Å². The number of rotatable bonds is 3. The van der Waals surface area contributed by atoms with Crippen LogP contribution in [0.1, 0.15) is 30.2 Å². The lowest BCUT2D eigenvalue weighted by Crippen LogP contribution is -2.33. The lowest BCUT2D eigenvalue weighted by Gasteiger charge is -2.32. The summed E-state index contributed by atoms with van der Waals surface area (Å²) >= 11 is 0. The van der Waals surface area contributed by atoms with Crippen LogP contribution in [0, 0.1) is 17.1 Å². The highest BCUT2D eigenvalue weighted by Gasteiger charge is 2.27. The molecule has 0 spiro atoms. The highest BCUT2D eigenvalue weighted by molar-refractivity contribution is 5.60. The van der Waals surface area contributed by atoms with Gasteiger partial charge < -0.3 is 9.42 Å². The fourth-order valence-corrected chi connectivity index (χ4v) is 3.36. The predicted molar refractivity (Wildman–Crippen MR) is 95.0 cm³/mol. The van der Waals surface area contributed by atoms with E-state index in [-0.39, 0.29) is 11.5 Å². The molecule has 6 heteroatoms. The van der Waals surface area contributed by atoms with Crippen LogP contribution in [0.25, 0.3) is 11.4 Å². The maximum absolute atomic E-state index is 13.8. The molecule has 2 aromatic carbocycles. The zero-order chi connectivity index (χ0) is 17.9. The molecule has 1 aliphatic heterocycles. The number of nitrogens with zero attached hydrogens (tertiary/aromatic N) is 4. The minimum atomic E-state index is -0.475. The van der Waals surface area contributed by atoms with E-state index in [0.29, 0.717) is 30.5 Å². The number of hydrogen-bond acceptors (Lipinski definition) is 5. The third-order valence-corrected chi connectivity index (χ3v) is 4.76. The summed E-state index contributed by atoms with van der Waals surface area (Å²) in [6.07, 6.45) is 1.63. The number of piperidine rings is 1. The maximum atomic E-state index is 13.8. The van der Waals surface area contributed by atoms with Crippen molar-refractivity contribution in [2.24, 2.45) is 0 Å². The number of anilines is 1. The number of hydrogen-bond donors (Lipinski definition) is 0. The standard InChI is InChI=1S/C20H17FN4O/c21-17-7-4-8-18(16(17)13-22)25-11-9-15(10-12-25)20-23-19(24-26-20)14-5-2-1-3-6-14/h1-8,15H,9-12H2. The Labute approximate surface area is 150 Å². The van der Waals surface area contributed by atoms with Gasteiger partial charge in [0.1, 0.15) is 17.4 Å². The Morgan fingerprint density at radius 1 is 1.08 bits per heavy atom. The average Bonchev–Trinajstić information content (AvgIpc) is 3.19. The van der Waals surface area contributed by atoms with Gasteiger partial charge in [0, 0.05) is 24.6 Å². The molecule has 130 valence electrons. The topological polar surface area (TPSA) is 66.0 Å². The molecule has 5 nitrogen and oxygen atoms in total. The molecule has 4 rings (SSSR count). The van der Waals surface area contributed by atoms with Crippen molar-refractivity contribution in [2.75, 3.05) is 18.0 Å². The van der Waals surface area contributed by atoms with Crippen LogP contribution in [0.3, 0.4) is 0 Å². The molecule has 2 heterocycles. The lowest BCUT2D eigenvalue weighted by atomic mass is 9.96. The van der Waals surface area contributed by atoms with Crippen LogP contribution in [0.15, 0.2) is 53.1 Å². The number of halogens is 1. The summed E-state index contributed by atoms with van der Waals surface area (Å²) in [5.74, 6) is 0.940. The van der Waals surface area contributed by atoms with Gasteiger partial charge in [-0.1, -0.05) is 41.6 Å². The van der Waals surface area contributed by atoms with Crippen molar-refractivity contribution >= 4 is 5.69 Å². The summed E-state index contributed by atoms with van der Waals surface area (Å²) in [5, 5.41) is 13.3. The van der Waals surface area contributed by atoms with Crippen molar-refractivity contribution in [1.82, 2.24) is 10.1 Å². The molecular formula is C20H17FN4O. The molecular weight excluding hydrogens is 331 g/mol. The van der Waals surface area contributed by atoms with Gasteiger partial charge in [-0.15, -0.1) is 0 Å². The van der Waals surface area contributed by atoms with Crippen molar-refractivity contribution in [2.45, 2.75) is 18.8 Å². The first-order valence-corrected chi connectivity index (χ1v) is 8.59. The first kappa shape index (κ1) is 16.3. The Morgan fingerprint density at radius 3 is 2.58 bits per heavy atom. The van der Waals surface area contributed by atoms with E-state index in [1.165, 1.54) is 6.07 Å². The number of nitriles is 1. The molecule has 0 bridgehead atoms. The van der Waals surface area contributed by atoms with Crippen molar-refractivity contribution in [3.05, 3.63) is 65.8 Å². The van der Waals surface area contributed by atoms with Crippen molar-refractivity contribution in [1.29, 1.82) is 5.26 Å². The van der Waals surface area contributed by atoms with Crippen LogP contribution in [0.5, 0.6) is 0 Å². The minimum absolute atomic E-state index is 0.107. The second kappa shape index (κ2) is 6.96. The van der Waals surface area contributed by atoms with E-state index in [2.05, 4.69) is 10.1 Å². The minimum Gasteiger partial charge on any atom is -0.370 e. The predicted octanol–water partition coefficient (Wildman–Crippen LogP) is 4.13. The van der Waals surface area contributed by atoms with Crippen LogP contribution in [0.4, 0.5) is 10.1 Å². The molecule has 0 amide bonds. The molecule has 0 aliphatic carbocycles. The van der Waals surface area contributed by atoms with Crippen LogP contribution < -0.4 is 4.90 Å². The molecule has 0 saturated carbocycles. The van der Waals surface area contributed by atoms with E-state index < -0.39 is 5.82 Å². The summed E-state index contributed by atoms with van der Waals surface area (Å²) in [6, 6.07) is 16.4. The molecule has 26 heavy (non-hydrogen) atoms. The van der Waals surface area contributed by atoms with E-state index in [1.54, 1.807) is 12.1 Å². The Kier molecular flexibility index (Phi) is 4.36. The summed E-state index contributed by atoms with van der Waals surface area (Å²) in [7, 11) is 0. The molecule has 0 atom stereocenters. The molecule has 3 aromatic rings. The Morgan fingerprint density at radius 2 is 1.85 bits per heavy atom. The molecule has 1 saturated heterocycles. The fraction of sp³-hybridized carbons (Fsp3) is 0.250. The van der Waals surface area contributed by atoms with E-state index in [1.807, 2.05) is 41.3 Å². The summed E-state index contributed by atoms with van der Waals surface area (Å²) in [6.45, 7) is 1.43. The second-order valence-corrected chi connectivity index (χ2v) is 6.33. The van der Waals surface area contributed by atoms with E-state index in [9.17, 15) is 9.65 Å². The molecule has 0 unspecified atom stereocenters. The van der Waals surface area contributed by atoms with E-state index in [4.69, 9.17) is 4.52 Å². The van der Waals surface area contributed by atoms with Crippen molar-refractivity contribution in [3.63, 3.8) is 0 Å². The number of benzene rings is 2. The zero-order valence-corrected chi connectivity index (χ0v) is 14.1. The van der Waals surface area contributed by atoms with E-state index in [0.717, 1.165) is 18.4 Å². The van der Waals surface area contributed by atoms with Gasteiger partial charge in [0.25, 0.3) is 0 Å². The molecule has 1 aliphatic rings. The van der Waals surface area contributed by atoms with Gasteiger partial charge in [-0.3, -0.25) is 0 Å². The second-order valence-electron chi connectivity index (χ2n) is 6.33. The maximum Gasteiger partial charge on any atom is 0.230 e. The van der Waals surface area contributed by atoms with Crippen LogP contribution in [-0.2, 0) is 0 Å². The average molecular weight is 348 g/mol. The van der Waals surface area contributed by atoms with Crippen molar-refractivity contribution in [3.8, 4) is 17.5 Å². The molecule has 0 radical (unpaired) electrons. The quantitative estimate of drug-likeness (QED) is 0.712. The van der Waals surface area contributed by atoms with Gasteiger partial charge in [0.15, 0.2) is 0 Å². The lowest BCUT2D eigenvalue weighted by molar-refractivity contribution is 0.329. The molecule has 0 N–H and O–H groups in total. The summed E-state index contributed by atoms with van der Waals surface area (Å²) < 4.78 is 19.3. The number of aromatic nitrogens is 2. The fourth-order valence-electron chi connectivity index (χ4n) is 3.36. The Hall–Kier alpha value is -3.20. The van der Waals surface area contributed by atoms with Crippen molar-refractivity contribution < 1.29 is 8.91 Å². The van der Waals surface area contributed by atoms with Crippen LogP contribution >= 0.6 is 0 Å². The molecule has 1 aromatic heterocycles. The smallest absolute Gasteiger partial charge is 0.230 e. The largest absolute Gasteiger partial charge is 0.370 e. The van der Waals surface area contributed by atoms with Crippen LogP contribution in [0.2, 0.25) is 0 Å². The first-order valence-electron chi connectivity index (χ1n) is 8.59. The third kappa shape index (κ3) is 3.04. The van der Waals surface area contributed by atoms with Gasteiger partial charge in [-0.25, -0.2) is 4.39 Å². The van der Waals surface area contributed by atoms with Gasteiger partial charge >= 0.3 is 0 Å². The Balaban J connectivity index is 1.47. The SMILES string of the molecule is N#Cc1c(F)cccc1N1CCC(c2nc(-c3ccccc3)no2)CC1. The van der Waals surface area contributed by atoms with E-state index >= 15 is 0 Å². The van der Waals surface area contributed by atoms with Gasteiger partial charge in [-0.2, -0.15) is 10.2 Å². The zero-order valence-electron chi connectivity index (χ0n) is 14.1. The summed E-state index contributed by atoms with van der Waals surface area (Å²) in [5.41, 5.74) is 1.69. The monoisotopic (exact) mass is 348 g/mol. The third-order valence-electron chi connectivity index (χ3n) is 4.76. The Bertz CT molecular complexity index is 940. The highest BCUT2D eigenvalue weighted by Crippen LogP contribution is 2.32. The summed E-state index contributed by atoms with van der Waals surface area (Å²) in [4.78, 5) is 6.59.